The third-order valence-electron chi connectivity index (χ3n) is 2.15. The Morgan fingerprint density at radius 3 is 2.45 bits per heavy atom. The van der Waals surface area contributed by atoms with Crippen LogP contribution in [0.5, 0.6) is 5.75 Å². The molecule has 1 aromatic rings. The van der Waals surface area contributed by atoms with Gasteiger partial charge in [-0.1, -0.05) is 0 Å². The van der Waals surface area contributed by atoms with Crippen LogP contribution in [0.15, 0.2) is 23.1 Å². The third-order valence-corrected chi connectivity index (χ3v) is 3.56. The third kappa shape index (κ3) is 4.10. The second-order valence-corrected chi connectivity index (χ2v) is 5.46. The van der Waals surface area contributed by atoms with Crippen molar-refractivity contribution in [3.63, 3.8) is 0 Å². The minimum atomic E-state index is -4.63. The molecule has 0 heterocycles. The largest absolute Gasteiger partial charge is 0.483 e. The molecule has 0 radical (unpaired) electrons. The molecule has 0 bridgehead atoms. The highest BCUT2D eigenvalue weighted by Crippen LogP contribution is 2.25. The van der Waals surface area contributed by atoms with Crippen LogP contribution in [-0.4, -0.2) is 39.3 Å². The number of sulfonamides is 1. The maximum Gasteiger partial charge on any atom is 0.422 e. The standard InChI is InChI=1S/C10H10F3NO5S/c1-14-20(17,18)6-2-3-8(7(4-6)9(15)16)19-5-10(11,12)13/h2-4,14H,5H2,1H3,(H,15,16). The molecule has 1 aromatic carbocycles. The Morgan fingerprint density at radius 2 is 2.00 bits per heavy atom. The van der Waals surface area contributed by atoms with Crippen LogP contribution in [0.1, 0.15) is 10.4 Å². The Morgan fingerprint density at radius 1 is 1.40 bits per heavy atom. The van der Waals surface area contributed by atoms with E-state index in [1.807, 2.05) is 4.72 Å². The average Bonchev–Trinajstić information content (AvgIpc) is 2.35. The van der Waals surface area contributed by atoms with Gasteiger partial charge in [-0.05, 0) is 25.2 Å². The summed E-state index contributed by atoms with van der Waals surface area (Å²) in [6.45, 7) is -1.68. The van der Waals surface area contributed by atoms with E-state index in [1.165, 1.54) is 0 Å². The summed E-state index contributed by atoms with van der Waals surface area (Å²) < 4.78 is 65.3. The number of nitrogens with one attached hydrogen (secondary N) is 1. The summed E-state index contributed by atoms with van der Waals surface area (Å²) in [7, 11) is -2.79. The lowest BCUT2D eigenvalue weighted by molar-refractivity contribution is -0.153. The molecule has 1 rings (SSSR count). The van der Waals surface area contributed by atoms with Gasteiger partial charge in [0.05, 0.1) is 4.90 Å². The molecule has 2 N–H and O–H groups in total. The molecule has 0 amide bonds. The van der Waals surface area contributed by atoms with E-state index in [1.54, 1.807) is 0 Å². The van der Waals surface area contributed by atoms with Gasteiger partial charge in [0, 0.05) is 0 Å². The molecule has 0 aliphatic heterocycles. The first-order valence-corrected chi connectivity index (χ1v) is 6.55. The van der Waals surface area contributed by atoms with Crippen molar-refractivity contribution >= 4 is 16.0 Å². The van der Waals surface area contributed by atoms with Gasteiger partial charge in [0.1, 0.15) is 11.3 Å². The molecule has 20 heavy (non-hydrogen) atoms. The van der Waals surface area contributed by atoms with Gasteiger partial charge in [-0.2, -0.15) is 13.2 Å². The molecule has 0 fully saturated rings. The summed E-state index contributed by atoms with van der Waals surface area (Å²) in [4.78, 5) is 10.5. The first-order chi connectivity index (χ1) is 9.07. The lowest BCUT2D eigenvalue weighted by Gasteiger charge is -2.12. The number of carboxylic acid groups (broad SMARTS) is 1. The molecule has 0 unspecified atom stereocenters. The van der Waals surface area contributed by atoms with Crippen molar-refractivity contribution in [3.05, 3.63) is 23.8 Å². The van der Waals surface area contributed by atoms with Crippen LogP contribution in [0.25, 0.3) is 0 Å². The molecular weight excluding hydrogens is 303 g/mol. The van der Waals surface area contributed by atoms with Gasteiger partial charge in [0.25, 0.3) is 0 Å². The minimum Gasteiger partial charge on any atom is -0.483 e. The maximum atomic E-state index is 12.0. The van der Waals surface area contributed by atoms with E-state index in [-0.39, 0.29) is 0 Å². The lowest BCUT2D eigenvalue weighted by atomic mass is 10.2. The van der Waals surface area contributed by atoms with Gasteiger partial charge in [0.15, 0.2) is 6.61 Å². The van der Waals surface area contributed by atoms with Crippen LogP contribution in [0.4, 0.5) is 13.2 Å². The molecule has 6 nitrogen and oxygen atoms in total. The van der Waals surface area contributed by atoms with Crippen molar-refractivity contribution < 1.29 is 36.2 Å². The van der Waals surface area contributed by atoms with Gasteiger partial charge >= 0.3 is 12.1 Å². The molecule has 0 spiro atoms. The fraction of sp³-hybridized carbons (Fsp3) is 0.300. The number of alkyl halides is 3. The topological polar surface area (TPSA) is 92.7 Å². The summed E-state index contributed by atoms with van der Waals surface area (Å²) in [5.74, 6) is -2.17. The van der Waals surface area contributed by atoms with Gasteiger partial charge < -0.3 is 9.84 Å². The van der Waals surface area contributed by atoms with E-state index >= 15 is 0 Å². The van der Waals surface area contributed by atoms with Crippen molar-refractivity contribution in [1.29, 1.82) is 0 Å². The zero-order chi connectivity index (χ0) is 15.6. The van der Waals surface area contributed by atoms with Gasteiger partial charge in [0.2, 0.25) is 10.0 Å². The monoisotopic (exact) mass is 313 g/mol. The smallest absolute Gasteiger partial charge is 0.422 e. The summed E-state index contributed by atoms with van der Waals surface area (Å²) in [6, 6.07) is 2.53. The van der Waals surface area contributed by atoms with Crippen LogP contribution in [0.3, 0.4) is 0 Å². The number of hydrogen-bond acceptors (Lipinski definition) is 4. The van der Waals surface area contributed by atoms with E-state index in [2.05, 4.69) is 4.74 Å². The predicted molar refractivity (Wildman–Crippen MR) is 61.2 cm³/mol. The number of carboxylic acids is 1. The SMILES string of the molecule is CNS(=O)(=O)c1ccc(OCC(F)(F)F)c(C(=O)O)c1. The van der Waals surface area contributed by atoms with Crippen molar-refractivity contribution in [3.8, 4) is 5.75 Å². The summed E-state index contributed by atoms with van der Waals surface area (Å²) in [6.07, 6.45) is -4.63. The number of hydrogen-bond donors (Lipinski definition) is 2. The fourth-order valence-corrected chi connectivity index (χ4v) is 2.00. The van der Waals surface area contributed by atoms with E-state index in [0.717, 1.165) is 25.2 Å². The second kappa shape index (κ2) is 5.67. The van der Waals surface area contributed by atoms with Crippen molar-refractivity contribution in [2.45, 2.75) is 11.1 Å². The minimum absolute atomic E-state index is 0.392. The van der Waals surface area contributed by atoms with E-state index in [0.29, 0.717) is 0 Å². The van der Waals surface area contributed by atoms with Crippen molar-refractivity contribution in [1.82, 2.24) is 4.72 Å². The highest BCUT2D eigenvalue weighted by molar-refractivity contribution is 7.89. The van der Waals surface area contributed by atoms with E-state index < -0.39 is 45.0 Å². The number of benzene rings is 1. The van der Waals surface area contributed by atoms with Crippen molar-refractivity contribution in [2.24, 2.45) is 0 Å². The zero-order valence-corrected chi connectivity index (χ0v) is 10.9. The number of rotatable bonds is 5. The highest BCUT2D eigenvalue weighted by atomic mass is 32.2. The molecule has 0 atom stereocenters. The fourth-order valence-electron chi connectivity index (χ4n) is 1.25. The molecule has 10 heteroatoms. The highest BCUT2D eigenvalue weighted by Gasteiger charge is 2.29. The Labute approximate surface area is 112 Å². The molecule has 0 saturated heterocycles. The van der Waals surface area contributed by atoms with Crippen molar-refractivity contribution in [2.75, 3.05) is 13.7 Å². The molecule has 0 aliphatic carbocycles. The predicted octanol–water partition coefficient (Wildman–Crippen LogP) is 1.23. The van der Waals surface area contributed by atoms with Crippen LogP contribution in [-0.2, 0) is 10.0 Å². The normalized spacial score (nSPS) is 12.2. The summed E-state index contributed by atoms with van der Waals surface area (Å²) in [5.41, 5.74) is -0.675. The Balaban J connectivity index is 3.19. The number of ether oxygens (including phenoxy) is 1. The molecule has 0 saturated carbocycles. The van der Waals surface area contributed by atoms with Crippen LogP contribution in [0, 0.1) is 0 Å². The summed E-state index contributed by atoms with van der Waals surface area (Å²) in [5, 5.41) is 8.88. The first-order valence-electron chi connectivity index (χ1n) is 5.07. The average molecular weight is 313 g/mol. The van der Waals surface area contributed by atoms with Gasteiger partial charge in [-0.3, -0.25) is 0 Å². The summed E-state index contributed by atoms with van der Waals surface area (Å²) >= 11 is 0. The number of halogens is 3. The zero-order valence-electron chi connectivity index (χ0n) is 10.1. The van der Waals surface area contributed by atoms with E-state index in [4.69, 9.17) is 5.11 Å². The number of carbonyl (C=O) groups is 1. The van der Waals surface area contributed by atoms with Crippen LogP contribution >= 0.6 is 0 Å². The van der Waals surface area contributed by atoms with Gasteiger partial charge in [-0.15, -0.1) is 0 Å². The first kappa shape index (κ1) is 16.2. The Bertz CT molecular complexity index is 612. The van der Waals surface area contributed by atoms with E-state index in [9.17, 15) is 26.4 Å². The maximum absolute atomic E-state index is 12.0. The lowest BCUT2D eigenvalue weighted by Crippen LogP contribution is -2.21. The molecular formula is C10H10F3NO5S. The Hall–Kier alpha value is -1.81. The molecule has 0 aliphatic rings. The molecule has 112 valence electrons. The van der Waals surface area contributed by atoms with Crippen LogP contribution < -0.4 is 9.46 Å². The van der Waals surface area contributed by atoms with Crippen LogP contribution in [0.2, 0.25) is 0 Å². The quantitative estimate of drug-likeness (QED) is 0.853. The Kier molecular flexibility index (Phi) is 4.61. The van der Waals surface area contributed by atoms with Gasteiger partial charge in [-0.25, -0.2) is 17.9 Å². The number of aromatic carboxylic acids is 1. The molecule has 0 aromatic heterocycles. The second-order valence-electron chi connectivity index (χ2n) is 3.57.